The SMILES string of the molecule is CC1(C)c2ncccc2-c2c1n(-c1cc(-c3ccccc3)nc(-n3c4ccccc4c4ccccc43)n1)c1cncnc21. The molecule has 0 N–H and O–H groups in total. The number of nitrogens with zero attached hydrogens (tertiary/aromatic N) is 7. The second-order valence-electron chi connectivity index (χ2n) is 11.5. The molecule has 1 aliphatic rings. The van der Waals surface area contributed by atoms with Gasteiger partial charge in [-0.05, 0) is 32.0 Å². The standard InChI is InChI=1S/C36H25N7/c1-36(2)33-25(15-10-18-38-33)31-32-29(20-37-21-39-32)43(34(31)36)30-19-26(22-11-4-3-5-12-22)40-35(41-30)42-27-16-8-6-13-23(27)24-14-7-9-17-28(24)42/h3-21H,1-2H3. The molecule has 0 radical (unpaired) electrons. The van der Waals surface area contributed by atoms with Gasteiger partial charge in [0.25, 0.3) is 0 Å². The Hall–Kier alpha value is -5.69. The largest absolute Gasteiger partial charge is 0.293 e. The third kappa shape index (κ3) is 3.27. The molecule has 5 aromatic heterocycles. The molecule has 9 rings (SSSR count). The normalized spacial score (nSPS) is 13.5. The molecule has 1 aliphatic carbocycles. The molecule has 5 heterocycles. The number of hydrogen-bond donors (Lipinski definition) is 0. The van der Waals surface area contributed by atoms with E-state index in [1.54, 1.807) is 6.33 Å². The number of fused-ring (bicyclic) bond motifs is 8. The van der Waals surface area contributed by atoms with Gasteiger partial charge < -0.3 is 0 Å². The van der Waals surface area contributed by atoms with Gasteiger partial charge in [-0.3, -0.25) is 14.1 Å². The highest BCUT2D eigenvalue weighted by atomic mass is 15.2. The Morgan fingerprint density at radius 2 is 1.40 bits per heavy atom. The van der Waals surface area contributed by atoms with Gasteiger partial charge in [0, 0.05) is 50.8 Å². The third-order valence-corrected chi connectivity index (χ3v) is 8.67. The first kappa shape index (κ1) is 24.0. The van der Waals surface area contributed by atoms with E-state index >= 15 is 0 Å². The van der Waals surface area contributed by atoms with Crippen LogP contribution in [0.1, 0.15) is 25.2 Å². The number of pyridine rings is 1. The Morgan fingerprint density at radius 1 is 0.674 bits per heavy atom. The zero-order valence-electron chi connectivity index (χ0n) is 23.6. The van der Waals surface area contributed by atoms with E-state index in [0.29, 0.717) is 5.95 Å². The van der Waals surface area contributed by atoms with Crippen molar-refractivity contribution in [2.75, 3.05) is 0 Å². The predicted molar refractivity (Wildman–Crippen MR) is 170 cm³/mol. The quantitative estimate of drug-likeness (QED) is 0.224. The van der Waals surface area contributed by atoms with Crippen molar-refractivity contribution in [1.82, 2.24) is 34.1 Å². The summed E-state index contributed by atoms with van der Waals surface area (Å²) in [5.41, 5.74) is 9.69. The topological polar surface area (TPSA) is 74.3 Å². The summed E-state index contributed by atoms with van der Waals surface area (Å²) < 4.78 is 4.39. The van der Waals surface area contributed by atoms with E-state index < -0.39 is 5.41 Å². The van der Waals surface area contributed by atoms with Crippen LogP contribution in [0.3, 0.4) is 0 Å². The molecule has 0 unspecified atom stereocenters. The molecular weight excluding hydrogens is 530 g/mol. The summed E-state index contributed by atoms with van der Waals surface area (Å²) in [4.78, 5) is 24.6. The molecule has 7 heteroatoms. The highest BCUT2D eigenvalue weighted by Gasteiger charge is 2.43. The molecule has 0 bridgehead atoms. The van der Waals surface area contributed by atoms with Crippen LogP contribution in [-0.4, -0.2) is 34.1 Å². The van der Waals surface area contributed by atoms with Gasteiger partial charge in [0.1, 0.15) is 17.7 Å². The summed E-state index contributed by atoms with van der Waals surface area (Å²) in [5.74, 6) is 1.36. The number of hydrogen-bond acceptors (Lipinski definition) is 5. The van der Waals surface area contributed by atoms with E-state index in [2.05, 4.69) is 101 Å². The second kappa shape index (κ2) is 8.66. The van der Waals surface area contributed by atoms with E-state index in [-0.39, 0.29) is 0 Å². The molecule has 0 atom stereocenters. The lowest BCUT2D eigenvalue weighted by Crippen LogP contribution is -2.22. The Bertz CT molecular complexity index is 2330. The smallest absolute Gasteiger partial charge is 0.237 e. The lowest BCUT2D eigenvalue weighted by molar-refractivity contribution is 0.601. The third-order valence-electron chi connectivity index (χ3n) is 8.67. The average Bonchev–Trinajstić information content (AvgIpc) is 3.66. The summed E-state index contributed by atoms with van der Waals surface area (Å²) in [6.45, 7) is 4.45. The maximum Gasteiger partial charge on any atom is 0.237 e. The van der Waals surface area contributed by atoms with Gasteiger partial charge in [-0.25, -0.2) is 15.0 Å². The summed E-state index contributed by atoms with van der Waals surface area (Å²) in [5, 5.41) is 2.33. The Morgan fingerprint density at radius 3 is 2.16 bits per heavy atom. The van der Waals surface area contributed by atoms with Crippen LogP contribution in [0.5, 0.6) is 0 Å². The first-order valence-electron chi connectivity index (χ1n) is 14.4. The maximum absolute atomic E-state index is 5.34. The molecular formula is C36H25N7. The van der Waals surface area contributed by atoms with Crippen molar-refractivity contribution < 1.29 is 0 Å². The van der Waals surface area contributed by atoms with Crippen LogP contribution in [0.15, 0.2) is 116 Å². The van der Waals surface area contributed by atoms with Crippen molar-refractivity contribution >= 4 is 32.8 Å². The summed E-state index contributed by atoms with van der Waals surface area (Å²) in [6.07, 6.45) is 5.37. The Labute approximate surface area is 247 Å². The van der Waals surface area contributed by atoms with E-state index in [1.807, 2.05) is 36.7 Å². The van der Waals surface area contributed by atoms with Crippen LogP contribution in [0, 0.1) is 0 Å². The van der Waals surface area contributed by atoms with Gasteiger partial charge in [0.05, 0.1) is 34.1 Å². The van der Waals surface area contributed by atoms with Gasteiger partial charge in [0.2, 0.25) is 5.95 Å². The van der Waals surface area contributed by atoms with Crippen LogP contribution in [0.2, 0.25) is 0 Å². The van der Waals surface area contributed by atoms with E-state index in [9.17, 15) is 0 Å². The fraction of sp³-hybridized carbons (Fsp3) is 0.0833. The van der Waals surface area contributed by atoms with Gasteiger partial charge >= 0.3 is 0 Å². The molecule has 7 nitrogen and oxygen atoms in total. The molecule has 0 aliphatic heterocycles. The summed E-state index contributed by atoms with van der Waals surface area (Å²) in [7, 11) is 0. The van der Waals surface area contributed by atoms with E-state index in [4.69, 9.17) is 19.9 Å². The maximum atomic E-state index is 5.34. The monoisotopic (exact) mass is 555 g/mol. The lowest BCUT2D eigenvalue weighted by Gasteiger charge is -2.23. The van der Waals surface area contributed by atoms with Crippen LogP contribution < -0.4 is 0 Å². The highest BCUT2D eigenvalue weighted by Crippen LogP contribution is 2.52. The minimum absolute atomic E-state index is 0.391. The van der Waals surface area contributed by atoms with Crippen LogP contribution in [0.25, 0.3) is 67.0 Å². The fourth-order valence-electron chi connectivity index (χ4n) is 6.86. The number of rotatable bonds is 3. The molecule has 8 aromatic rings. The lowest BCUT2D eigenvalue weighted by atomic mass is 9.89. The van der Waals surface area contributed by atoms with Gasteiger partial charge in [-0.1, -0.05) is 72.8 Å². The second-order valence-corrected chi connectivity index (χ2v) is 11.5. The number of aromatic nitrogens is 7. The fourth-order valence-corrected chi connectivity index (χ4v) is 6.86. The Balaban J connectivity index is 1.42. The van der Waals surface area contributed by atoms with E-state index in [1.165, 1.54) is 0 Å². The van der Waals surface area contributed by atoms with Crippen molar-refractivity contribution in [3.05, 3.63) is 127 Å². The minimum atomic E-state index is -0.391. The molecule has 204 valence electrons. The molecule has 0 amide bonds. The molecule has 0 spiro atoms. The number of benzene rings is 3. The zero-order valence-corrected chi connectivity index (χ0v) is 23.6. The first-order valence-corrected chi connectivity index (χ1v) is 14.4. The van der Waals surface area contributed by atoms with Gasteiger partial charge in [-0.15, -0.1) is 0 Å². The van der Waals surface area contributed by atoms with Crippen molar-refractivity contribution in [2.45, 2.75) is 19.3 Å². The van der Waals surface area contributed by atoms with E-state index in [0.717, 1.165) is 72.4 Å². The van der Waals surface area contributed by atoms with Gasteiger partial charge in [0.15, 0.2) is 0 Å². The zero-order chi connectivity index (χ0) is 28.7. The molecule has 43 heavy (non-hydrogen) atoms. The molecule has 3 aromatic carbocycles. The van der Waals surface area contributed by atoms with Crippen molar-refractivity contribution in [1.29, 1.82) is 0 Å². The summed E-state index contributed by atoms with van der Waals surface area (Å²) in [6, 6.07) is 33.4. The van der Waals surface area contributed by atoms with Gasteiger partial charge in [-0.2, -0.15) is 4.98 Å². The molecule has 0 fully saturated rings. The highest BCUT2D eigenvalue weighted by molar-refractivity contribution is 6.09. The van der Waals surface area contributed by atoms with Crippen LogP contribution in [-0.2, 0) is 5.41 Å². The first-order chi connectivity index (χ1) is 21.1. The van der Waals surface area contributed by atoms with Crippen molar-refractivity contribution in [2.24, 2.45) is 0 Å². The molecule has 0 saturated carbocycles. The predicted octanol–water partition coefficient (Wildman–Crippen LogP) is 7.68. The average molecular weight is 556 g/mol. The van der Waals surface area contributed by atoms with Crippen molar-refractivity contribution in [3.63, 3.8) is 0 Å². The summed E-state index contributed by atoms with van der Waals surface area (Å²) >= 11 is 0. The van der Waals surface area contributed by atoms with Crippen molar-refractivity contribution in [3.8, 4) is 34.2 Å². The van der Waals surface area contributed by atoms with Crippen LogP contribution in [0.4, 0.5) is 0 Å². The minimum Gasteiger partial charge on any atom is -0.293 e. The van der Waals surface area contributed by atoms with Crippen LogP contribution >= 0.6 is 0 Å². The molecule has 0 saturated heterocycles. The Kier molecular flexibility index (Phi) is 4.82. The number of para-hydroxylation sites is 2.